The Morgan fingerprint density at radius 1 is 1.35 bits per heavy atom. The lowest BCUT2D eigenvalue weighted by molar-refractivity contribution is -0.155. The van der Waals surface area contributed by atoms with Crippen molar-refractivity contribution in [2.75, 3.05) is 6.54 Å². The molecule has 2 heterocycles. The summed E-state index contributed by atoms with van der Waals surface area (Å²) in [5.74, 6) is -0.177. The van der Waals surface area contributed by atoms with Crippen LogP contribution in [0.4, 0.5) is 0 Å². The Labute approximate surface area is 155 Å². The number of nitrogens with zero attached hydrogens (tertiary/aromatic N) is 3. The molecule has 1 fully saturated rings. The molecular formula is C18H20ClN3O4. The fraction of sp³-hybridized carbons (Fsp3) is 0.444. The van der Waals surface area contributed by atoms with Crippen LogP contribution < -0.4 is 0 Å². The monoisotopic (exact) mass is 377 g/mol. The minimum Gasteiger partial charge on any atom is -0.480 e. The molecular weight excluding hydrogens is 358 g/mol. The summed E-state index contributed by atoms with van der Waals surface area (Å²) in [4.78, 5) is 29.7. The Morgan fingerprint density at radius 2 is 2.08 bits per heavy atom. The van der Waals surface area contributed by atoms with E-state index < -0.39 is 11.5 Å². The summed E-state index contributed by atoms with van der Waals surface area (Å²) in [5.41, 5.74) is -0.293. The van der Waals surface area contributed by atoms with Gasteiger partial charge in [-0.25, -0.2) is 4.79 Å². The van der Waals surface area contributed by atoms with E-state index in [2.05, 4.69) is 10.1 Å². The highest BCUT2D eigenvalue weighted by Crippen LogP contribution is 2.30. The van der Waals surface area contributed by atoms with E-state index in [4.69, 9.17) is 16.1 Å². The lowest BCUT2D eigenvalue weighted by Crippen LogP contribution is -2.50. The molecule has 0 radical (unpaired) electrons. The van der Waals surface area contributed by atoms with Gasteiger partial charge in [0.05, 0.1) is 0 Å². The van der Waals surface area contributed by atoms with Crippen molar-refractivity contribution in [1.29, 1.82) is 0 Å². The number of carbonyl (C=O) groups is 2. The first-order chi connectivity index (χ1) is 12.4. The Morgan fingerprint density at radius 3 is 2.77 bits per heavy atom. The molecule has 0 saturated carbocycles. The number of carbonyl (C=O) groups excluding carboxylic acids is 1. The molecule has 1 aliphatic rings. The van der Waals surface area contributed by atoms with Crippen LogP contribution in [0.3, 0.4) is 0 Å². The molecule has 138 valence electrons. The highest BCUT2D eigenvalue weighted by atomic mass is 35.5. The largest absolute Gasteiger partial charge is 0.480 e. The topological polar surface area (TPSA) is 96.5 Å². The smallest absolute Gasteiger partial charge is 0.329 e. The second-order valence-electron chi connectivity index (χ2n) is 6.60. The maximum atomic E-state index is 12.4. The van der Waals surface area contributed by atoms with Crippen molar-refractivity contribution >= 4 is 23.5 Å². The Bertz CT molecular complexity index is 805. The fourth-order valence-electron chi connectivity index (χ4n) is 3.18. The summed E-state index contributed by atoms with van der Waals surface area (Å²) in [6.07, 6.45) is 2.43. The number of hydrogen-bond donors (Lipinski definition) is 1. The zero-order valence-electron chi connectivity index (χ0n) is 14.4. The second kappa shape index (κ2) is 7.45. The molecule has 1 N–H and O–H groups in total. The van der Waals surface area contributed by atoms with Gasteiger partial charge in [-0.15, -0.1) is 0 Å². The van der Waals surface area contributed by atoms with E-state index in [1.165, 1.54) is 4.90 Å². The first-order valence-corrected chi connectivity index (χ1v) is 8.90. The molecule has 3 rings (SSSR count). The molecule has 26 heavy (non-hydrogen) atoms. The molecule has 7 nitrogen and oxygen atoms in total. The minimum atomic E-state index is -1.09. The molecule has 1 saturated heterocycles. The second-order valence-corrected chi connectivity index (χ2v) is 7.04. The molecule has 1 atom stereocenters. The van der Waals surface area contributed by atoms with Crippen molar-refractivity contribution in [3.8, 4) is 11.4 Å². The third kappa shape index (κ3) is 3.72. The van der Waals surface area contributed by atoms with Gasteiger partial charge < -0.3 is 14.5 Å². The zero-order valence-corrected chi connectivity index (χ0v) is 15.2. The fourth-order valence-corrected chi connectivity index (χ4v) is 3.31. The molecule has 1 amide bonds. The average molecular weight is 378 g/mol. The minimum absolute atomic E-state index is 0.148. The van der Waals surface area contributed by atoms with Crippen LogP contribution in [0.5, 0.6) is 0 Å². The molecule has 0 bridgehead atoms. The standard InChI is InChI=1S/C18H20ClN3O4/c1-18(17(24)25)10-3-11-22(18)15(23)5-2-4-14-20-16(21-26-14)12-6-8-13(19)9-7-12/h6-9H,2-5,10-11H2,1H3,(H,24,25). The molecule has 0 spiro atoms. The van der Waals surface area contributed by atoms with Crippen LogP contribution in [0.1, 0.15) is 38.5 Å². The van der Waals surface area contributed by atoms with Gasteiger partial charge in [-0.05, 0) is 50.5 Å². The van der Waals surface area contributed by atoms with Crippen molar-refractivity contribution in [3.63, 3.8) is 0 Å². The molecule has 1 unspecified atom stereocenters. The molecule has 1 aromatic heterocycles. The average Bonchev–Trinajstić information content (AvgIpc) is 3.23. The first-order valence-electron chi connectivity index (χ1n) is 8.52. The molecule has 1 aromatic carbocycles. The predicted octanol–water partition coefficient (Wildman–Crippen LogP) is 3.18. The van der Waals surface area contributed by atoms with Crippen LogP contribution in [0.15, 0.2) is 28.8 Å². The summed E-state index contributed by atoms with van der Waals surface area (Å²) >= 11 is 5.86. The normalized spacial score (nSPS) is 19.7. The summed E-state index contributed by atoms with van der Waals surface area (Å²) < 4.78 is 5.22. The van der Waals surface area contributed by atoms with E-state index in [1.807, 2.05) is 0 Å². The van der Waals surface area contributed by atoms with Crippen LogP contribution in [-0.2, 0) is 16.0 Å². The molecule has 8 heteroatoms. The van der Waals surface area contributed by atoms with Crippen molar-refractivity contribution in [1.82, 2.24) is 15.0 Å². The molecule has 0 aliphatic carbocycles. The van der Waals surface area contributed by atoms with E-state index in [9.17, 15) is 14.7 Å². The van der Waals surface area contributed by atoms with Gasteiger partial charge in [-0.1, -0.05) is 16.8 Å². The lowest BCUT2D eigenvalue weighted by Gasteiger charge is -2.31. The third-order valence-electron chi connectivity index (χ3n) is 4.75. The van der Waals surface area contributed by atoms with Crippen molar-refractivity contribution in [3.05, 3.63) is 35.2 Å². The number of carboxylic acids is 1. The lowest BCUT2D eigenvalue weighted by atomic mass is 9.99. The number of aliphatic carboxylic acids is 1. The van der Waals surface area contributed by atoms with Crippen LogP contribution in [0.2, 0.25) is 5.02 Å². The quantitative estimate of drug-likeness (QED) is 0.830. The highest BCUT2D eigenvalue weighted by Gasteiger charge is 2.45. The van der Waals surface area contributed by atoms with Crippen molar-refractivity contribution in [2.24, 2.45) is 0 Å². The van der Waals surface area contributed by atoms with Gasteiger partial charge in [0, 0.05) is 30.0 Å². The van der Waals surface area contributed by atoms with Crippen LogP contribution in [0, 0.1) is 0 Å². The Hall–Kier alpha value is -2.41. The van der Waals surface area contributed by atoms with Crippen LogP contribution in [-0.4, -0.2) is 44.1 Å². The highest BCUT2D eigenvalue weighted by molar-refractivity contribution is 6.30. The number of halogens is 1. The SMILES string of the molecule is CC1(C(=O)O)CCCN1C(=O)CCCc1nc(-c2ccc(Cl)cc2)no1. The number of rotatable bonds is 6. The van der Waals surface area contributed by atoms with E-state index in [0.717, 1.165) is 5.56 Å². The van der Waals surface area contributed by atoms with Gasteiger partial charge in [-0.2, -0.15) is 4.98 Å². The van der Waals surface area contributed by atoms with E-state index >= 15 is 0 Å². The number of aryl methyl sites for hydroxylation is 1. The van der Waals surface area contributed by atoms with Crippen LogP contribution in [0.25, 0.3) is 11.4 Å². The Kier molecular flexibility index (Phi) is 5.27. The van der Waals surface area contributed by atoms with Gasteiger partial charge in [0.1, 0.15) is 5.54 Å². The number of carboxylic acid groups (broad SMARTS) is 1. The van der Waals surface area contributed by atoms with Gasteiger partial charge in [0.15, 0.2) is 0 Å². The number of amides is 1. The summed E-state index contributed by atoms with van der Waals surface area (Å²) in [6.45, 7) is 2.10. The number of aromatic nitrogens is 2. The maximum Gasteiger partial charge on any atom is 0.329 e. The van der Waals surface area contributed by atoms with E-state index in [1.54, 1.807) is 31.2 Å². The van der Waals surface area contributed by atoms with Crippen LogP contribution >= 0.6 is 11.6 Å². The van der Waals surface area contributed by atoms with E-state index in [0.29, 0.717) is 49.0 Å². The zero-order chi connectivity index (χ0) is 18.7. The summed E-state index contributed by atoms with van der Waals surface area (Å²) in [7, 11) is 0. The maximum absolute atomic E-state index is 12.4. The Balaban J connectivity index is 1.55. The van der Waals surface area contributed by atoms with Gasteiger partial charge in [0.2, 0.25) is 17.6 Å². The predicted molar refractivity (Wildman–Crippen MR) is 94.7 cm³/mol. The van der Waals surface area contributed by atoms with Gasteiger partial charge in [0.25, 0.3) is 0 Å². The van der Waals surface area contributed by atoms with Gasteiger partial charge in [-0.3, -0.25) is 4.79 Å². The molecule has 2 aromatic rings. The number of hydrogen-bond acceptors (Lipinski definition) is 5. The van der Waals surface area contributed by atoms with Crippen molar-refractivity contribution in [2.45, 2.75) is 44.6 Å². The summed E-state index contributed by atoms with van der Waals surface area (Å²) in [5, 5.41) is 14.0. The first kappa shape index (κ1) is 18.4. The summed E-state index contributed by atoms with van der Waals surface area (Å²) in [6, 6.07) is 7.11. The van der Waals surface area contributed by atoms with Gasteiger partial charge >= 0.3 is 5.97 Å². The number of benzene rings is 1. The number of likely N-dealkylation sites (tertiary alicyclic amines) is 1. The molecule has 1 aliphatic heterocycles. The van der Waals surface area contributed by atoms with E-state index in [-0.39, 0.29) is 12.3 Å². The van der Waals surface area contributed by atoms with Crippen molar-refractivity contribution < 1.29 is 19.2 Å². The third-order valence-corrected chi connectivity index (χ3v) is 5.01.